The molecule has 0 amide bonds. The summed E-state index contributed by atoms with van der Waals surface area (Å²) in [4.78, 5) is 39.4. The first-order valence-corrected chi connectivity index (χ1v) is 16.1. The van der Waals surface area contributed by atoms with E-state index in [2.05, 4.69) is 29.2 Å². The summed E-state index contributed by atoms with van der Waals surface area (Å²) >= 11 is 0. The number of carbonyl (C=O) groups excluding carboxylic acids is 3. The van der Waals surface area contributed by atoms with Crippen LogP contribution in [0, 0.1) is 19.7 Å². The minimum absolute atomic E-state index is 0.250. The van der Waals surface area contributed by atoms with Crippen LogP contribution in [0.5, 0.6) is 5.75 Å². The van der Waals surface area contributed by atoms with Gasteiger partial charge in [-0.3, -0.25) is 4.98 Å². The molecule has 49 heavy (non-hydrogen) atoms. The van der Waals surface area contributed by atoms with E-state index in [-0.39, 0.29) is 6.15 Å². The number of esters is 1. The molecule has 0 radical (unpaired) electrons. The van der Waals surface area contributed by atoms with Crippen LogP contribution in [0.25, 0.3) is 33.4 Å². The Morgan fingerprint density at radius 3 is 2.49 bits per heavy atom. The molecule has 9 nitrogen and oxygen atoms in total. The van der Waals surface area contributed by atoms with Gasteiger partial charge in [-0.2, -0.15) is 9.59 Å². The molecule has 3 aromatic heterocycles. The van der Waals surface area contributed by atoms with Gasteiger partial charge in [-0.25, -0.2) is 14.2 Å². The Balaban J connectivity index is 0.00000151. The average Bonchev–Trinajstić information content (AvgIpc) is 3.40. The third-order valence-corrected chi connectivity index (χ3v) is 8.60. The van der Waals surface area contributed by atoms with Crippen molar-refractivity contribution >= 4 is 23.2 Å². The lowest BCUT2D eigenvalue weighted by molar-refractivity contribution is -0.191. The predicted molar refractivity (Wildman–Crippen MR) is 182 cm³/mol. The Bertz CT molecular complexity index is 2040. The normalized spacial score (nSPS) is 13.1. The quantitative estimate of drug-likeness (QED) is 0.165. The Morgan fingerprint density at radius 1 is 1.10 bits per heavy atom. The van der Waals surface area contributed by atoms with Crippen LogP contribution in [-0.2, 0) is 43.7 Å². The molecular formula is C39H40FN3O6. The number of pyridine rings is 2. The van der Waals surface area contributed by atoms with Crippen molar-refractivity contribution < 1.29 is 33.0 Å². The van der Waals surface area contributed by atoms with E-state index in [1.807, 2.05) is 76.7 Å². The van der Waals surface area contributed by atoms with Crippen LogP contribution >= 0.6 is 0 Å². The van der Waals surface area contributed by atoms with Crippen molar-refractivity contribution in [3.05, 3.63) is 100 Å². The highest BCUT2D eigenvalue weighted by Gasteiger charge is 2.35. The number of carbonyl (C=O) groups is 1. The molecule has 1 aliphatic heterocycles. The largest absolute Gasteiger partial charge is 0.490 e. The number of halogens is 1. The summed E-state index contributed by atoms with van der Waals surface area (Å²) in [6.45, 7) is 10.0. The van der Waals surface area contributed by atoms with Gasteiger partial charge in [0, 0.05) is 58.7 Å². The fourth-order valence-electron chi connectivity index (χ4n) is 6.49. The van der Waals surface area contributed by atoms with Gasteiger partial charge in [-0.05, 0) is 88.4 Å². The summed E-state index contributed by atoms with van der Waals surface area (Å²) in [5.41, 5.74) is 8.32. The number of ether oxygens (including phenoxy) is 3. The van der Waals surface area contributed by atoms with E-state index in [4.69, 9.17) is 28.8 Å². The van der Waals surface area contributed by atoms with E-state index in [9.17, 15) is 4.79 Å². The van der Waals surface area contributed by atoms with Crippen LogP contribution < -0.4 is 4.74 Å². The van der Waals surface area contributed by atoms with Gasteiger partial charge in [0.2, 0.25) is 0 Å². The van der Waals surface area contributed by atoms with Crippen LogP contribution in [0.3, 0.4) is 0 Å². The van der Waals surface area contributed by atoms with Gasteiger partial charge < -0.3 is 18.8 Å². The monoisotopic (exact) mass is 665 g/mol. The summed E-state index contributed by atoms with van der Waals surface area (Å²) in [5.74, 6) is -0.662. The molecule has 254 valence electrons. The second-order valence-corrected chi connectivity index (χ2v) is 13.0. The van der Waals surface area contributed by atoms with Crippen molar-refractivity contribution in [2.45, 2.75) is 65.6 Å². The first-order valence-electron chi connectivity index (χ1n) is 16.1. The zero-order valence-electron chi connectivity index (χ0n) is 28.8. The van der Waals surface area contributed by atoms with Gasteiger partial charge in [0.05, 0.1) is 25.0 Å². The highest BCUT2D eigenvalue weighted by molar-refractivity contribution is 6.01. The fourth-order valence-corrected chi connectivity index (χ4v) is 6.49. The molecule has 1 aliphatic rings. The molecule has 0 unspecified atom stereocenters. The smallest absolute Gasteiger partial charge is 0.373 e. The van der Waals surface area contributed by atoms with E-state index in [0.717, 1.165) is 39.9 Å². The van der Waals surface area contributed by atoms with Crippen LogP contribution in [0.4, 0.5) is 4.39 Å². The van der Waals surface area contributed by atoms with E-state index in [1.54, 1.807) is 0 Å². The topological polar surface area (TPSA) is 110 Å². The van der Waals surface area contributed by atoms with Crippen molar-refractivity contribution in [1.82, 2.24) is 14.5 Å². The Labute approximate surface area is 285 Å². The summed E-state index contributed by atoms with van der Waals surface area (Å²) in [7, 11) is 3.32. The predicted octanol–water partition coefficient (Wildman–Crippen LogP) is 7.42. The number of methoxy groups -OCH3 is 1. The molecule has 5 aromatic rings. The van der Waals surface area contributed by atoms with Gasteiger partial charge in [0.1, 0.15) is 5.65 Å². The first kappa shape index (κ1) is 35.1. The minimum atomic E-state index is -1.09. The van der Waals surface area contributed by atoms with Crippen molar-refractivity contribution in [2.75, 3.05) is 13.7 Å². The lowest BCUT2D eigenvalue weighted by Crippen LogP contribution is -2.29. The van der Waals surface area contributed by atoms with Gasteiger partial charge in [-0.15, -0.1) is 0 Å². The summed E-state index contributed by atoms with van der Waals surface area (Å²) in [5, 5.41) is 0.783. The van der Waals surface area contributed by atoms with Crippen molar-refractivity contribution in [2.24, 2.45) is 7.05 Å². The number of fused-ring (bicyclic) bond motifs is 2. The van der Waals surface area contributed by atoms with Gasteiger partial charge in [0.25, 0.3) is 0 Å². The van der Waals surface area contributed by atoms with Crippen LogP contribution in [-0.4, -0.2) is 46.0 Å². The van der Waals surface area contributed by atoms with Crippen LogP contribution in [0.1, 0.15) is 66.9 Å². The fraction of sp³-hybridized carbons (Fsp3) is 0.333. The van der Waals surface area contributed by atoms with E-state index in [1.165, 1.54) is 18.7 Å². The zero-order valence-corrected chi connectivity index (χ0v) is 28.8. The molecule has 2 aromatic carbocycles. The standard InChI is InChI=1S/C38H40FN3O4.CO2/c1-22-27-14-11-17-45-34(27)30(39)20-28(22)33-29-21-31(25-15-16-40-26(19-25)18-24-12-9-8-10-13-24)42(6)36(29)41-23(2)32(33)35(37(43)44-7)46-38(3,4)5;2-1-3/h8-10,12-13,15-16,19-21,35H,11,14,17-18H2,1-7H3;/t35-;/m0./s1. The van der Waals surface area contributed by atoms with Crippen molar-refractivity contribution in [1.29, 1.82) is 0 Å². The molecule has 10 heteroatoms. The lowest BCUT2D eigenvalue weighted by atomic mass is 9.86. The molecule has 1 atom stereocenters. The minimum Gasteiger partial charge on any atom is -0.490 e. The molecule has 0 fully saturated rings. The summed E-state index contributed by atoms with van der Waals surface area (Å²) < 4.78 is 35.3. The third-order valence-electron chi connectivity index (χ3n) is 8.60. The number of rotatable bonds is 7. The van der Waals surface area contributed by atoms with Gasteiger partial charge >= 0.3 is 12.1 Å². The van der Waals surface area contributed by atoms with E-state index in [0.29, 0.717) is 53.2 Å². The average molecular weight is 666 g/mol. The molecule has 0 bridgehead atoms. The summed E-state index contributed by atoms with van der Waals surface area (Å²) in [6, 6.07) is 17.9. The zero-order chi connectivity index (χ0) is 35.5. The number of hydrogen-bond donors (Lipinski definition) is 0. The highest BCUT2D eigenvalue weighted by Crippen LogP contribution is 2.45. The van der Waals surface area contributed by atoms with Gasteiger partial charge in [-0.1, -0.05) is 30.3 Å². The van der Waals surface area contributed by atoms with Crippen LogP contribution in [0.15, 0.2) is 60.8 Å². The lowest BCUT2D eigenvalue weighted by Gasteiger charge is -2.29. The first-order chi connectivity index (χ1) is 23.4. The molecule has 0 aliphatic carbocycles. The maximum absolute atomic E-state index is 15.8. The number of benzene rings is 2. The number of aromatic nitrogens is 3. The third kappa shape index (κ3) is 7.31. The number of nitrogens with zero attached hydrogens (tertiary/aromatic N) is 3. The molecule has 0 saturated carbocycles. The molecule has 0 saturated heterocycles. The maximum Gasteiger partial charge on any atom is 0.373 e. The van der Waals surface area contributed by atoms with Crippen LogP contribution in [0.2, 0.25) is 0 Å². The Morgan fingerprint density at radius 2 is 1.82 bits per heavy atom. The number of aryl methyl sites for hydroxylation is 2. The molecule has 6 rings (SSSR count). The Kier molecular flexibility index (Phi) is 10.4. The van der Waals surface area contributed by atoms with Gasteiger partial charge in [0.15, 0.2) is 17.7 Å². The molecular weight excluding hydrogens is 625 g/mol. The highest BCUT2D eigenvalue weighted by atomic mass is 19.1. The van der Waals surface area contributed by atoms with Crippen molar-refractivity contribution in [3.63, 3.8) is 0 Å². The van der Waals surface area contributed by atoms with E-state index >= 15 is 4.39 Å². The summed E-state index contributed by atoms with van der Waals surface area (Å²) in [6.07, 6.45) is 3.19. The Hall–Kier alpha value is -5.18. The molecule has 4 heterocycles. The SMILES string of the molecule is COC(=O)[C@@H](OC(C)(C)C)c1c(C)nc2c(cc(-c3ccnc(Cc4ccccc4)c3)n2C)c1-c1cc(F)c2c(c1C)CCCO2.O=C=O. The number of hydrogen-bond acceptors (Lipinski definition) is 8. The maximum atomic E-state index is 15.8. The second-order valence-electron chi connectivity index (χ2n) is 13.0. The van der Waals surface area contributed by atoms with Crippen molar-refractivity contribution in [3.8, 4) is 28.1 Å². The van der Waals surface area contributed by atoms with E-state index < -0.39 is 23.5 Å². The molecule has 0 N–H and O–H groups in total. The second kappa shape index (κ2) is 14.5. The molecule has 0 spiro atoms.